The highest BCUT2D eigenvalue weighted by Gasteiger charge is 2.12. The van der Waals surface area contributed by atoms with E-state index in [1.54, 1.807) is 12.3 Å². The van der Waals surface area contributed by atoms with Gasteiger partial charge in [0.1, 0.15) is 0 Å². The molecule has 4 heteroatoms. The van der Waals surface area contributed by atoms with Gasteiger partial charge in [-0.05, 0) is 17.7 Å². The number of carbonyl (C=O) groups is 1. The van der Waals surface area contributed by atoms with Gasteiger partial charge in [0.15, 0.2) is 0 Å². The predicted octanol–water partition coefficient (Wildman–Crippen LogP) is 2.57. The van der Waals surface area contributed by atoms with Crippen LogP contribution in [0.1, 0.15) is 15.9 Å². The van der Waals surface area contributed by atoms with Crippen LogP contribution in [0.5, 0.6) is 0 Å². The Labute approximate surface area is 134 Å². The average molecular weight is 306 g/mol. The fourth-order valence-corrected chi connectivity index (χ4v) is 2.56. The summed E-state index contributed by atoms with van der Waals surface area (Å²) in [6, 6.07) is 18.9. The number of rotatable bonds is 5. The number of carbonyl (C=O) groups excluding carboxylic acids is 1. The molecule has 23 heavy (non-hydrogen) atoms. The van der Waals surface area contributed by atoms with E-state index in [9.17, 15) is 9.90 Å². The first-order valence-corrected chi connectivity index (χ1v) is 7.58. The monoisotopic (exact) mass is 306 g/mol. The molecule has 1 heterocycles. The van der Waals surface area contributed by atoms with E-state index >= 15 is 0 Å². The van der Waals surface area contributed by atoms with Crippen molar-refractivity contribution in [3.8, 4) is 0 Å². The molecule has 0 spiro atoms. The highest BCUT2D eigenvalue weighted by molar-refractivity contribution is 6.05. The average Bonchev–Trinajstić information content (AvgIpc) is 2.60. The van der Waals surface area contributed by atoms with Crippen LogP contribution in [0.25, 0.3) is 10.9 Å². The van der Waals surface area contributed by atoms with E-state index < -0.39 is 6.10 Å². The van der Waals surface area contributed by atoms with E-state index in [2.05, 4.69) is 10.3 Å². The molecule has 0 saturated heterocycles. The largest absolute Gasteiger partial charge is 0.391 e. The number of aliphatic hydroxyl groups excluding tert-OH is 1. The molecule has 2 aromatic carbocycles. The van der Waals surface area contributed by atoms with Gasteiger partial charge in [0.05, 0.1) is 17.2 Å². The predicted molar refractivity (Wildman–Crippen MR) is 90.2 cm³/mol. The lowest BCUT2D eigenvalue weighted by atomic mass is 10.1. The van der Waals surface area contributed by atoms with Crippen LogP contribution in [0, 0.1) is 0 Å². The summed E-state index contributed by atoms with van der Waals surface area (Å²) in [7, 11) is 0. The number of hydrogen-bond donors (Lipinski definition) is 2. The van der Waals surface area contributed by atoms with Gasteiger partial charge in [-0.2, -0.15) is 0 Å². The highest BCUT2D eigenvalue weighted by atomic mass is 16.3. The minimum absolute atomic E-state index is 0.198. The van der Waals surface area contributed by atoms with Crippen molar-refractivity contribution in [2.75, 3.05) is 6.54 Å². The summed E-state index contributed by atoms with van der Waals surface area (Å²) >= 11 is 0. The number of fused-ring (bicyclic) bond motifs is 1. The van der Waals surface area contributed by atoms with E-state index in [1.165, 1.54) is 0 Å². The standard InChI is InChI=1S/C19H18N2O2/c22-15(12-14-6-2-1-3-7-14)13-21-19(23)17-10-11-20-18-9-5-4-8-16(17)18/h1-11,15,22H,12-13H2,(H,21,23). The van der Waals surface area contributed by atoms with Crippen LogP contribution in [0.3, 0.4) is 0 Å². The fraction of sp³-hybridized carbons (Fsp3) is 0.158. The smallest absolute Gasteiger partial charge is 0.252 e. The zero-order valence-electron chi connectivity index (χ0n) is 12.6. The van der Waals surface area contributed by atoms with E-state index in [-0.39, 0.29) is 12.5 Å². The van der Waals surface area contributed by atoms with Gasteiger partial charge in [-0.3, -0.25) is 9.78 Å². The summed E-state index contributed by atoms with van der Waals surface area (Å²) in [6.07, 6.45) is 1.52. The number of benzene rings is 2. The van der Waals surface area contributed by atoms with Crippen molar-refractivity contribution in [3.63, 3.8) is 0 Å². The number of amides is 1. The summed E-state index contributed by atoms with van der Waals surface area (Å²) in [5, 5.41) is 13.7. The maximum Gasteiger partial charge on any atom is 0.252 e. The third kappa shape index (κ3) is 3.73. The first-order chi connectivity index (χ1) is 11.2. The second-order valence-corrected chi connectivity index (χ2v) is 5.43. The molecule has 1 unspecified atom stereocenters. The molecule has 0 radical (unpaired) electrons. The Balaban J connectivity index is 1.65. The molecule has 0 aliphatic heterocycles. The topological polar surface area (TPSA) is 62.2 Å². The Kier molecular flexibility index (Phi) is 4.64. The molecule has 1 atom stereocenters. The van der Waals surface area contributed by atoms with E-state index in [4.69, 9.17) is 0 Å². The van der Waals surface area contributed by atoms with Gasteiger partial charge in [0, 0.05) is 24.5 Å². The van der Waals surface area contributed by atoms with E-state index in [0.717, 1.165) is 16.5 Å². The van der Waals surface area contributed by atoms with Crippen LogP contribution in [-0.4, -0.2) is 28.6 Å². The molecule has 3 rings (SSSR count). The second-order valence-electron chi connectivity index (χ2n) is 5.43. The zero-order chi connectivity index (χ0) is 16.1. The zero-order valence-corrected chi connectivity index (χ0v) is 12.6. The number of aliphatic hydroxyl groups is 1. The summed E-state index contributed by atoms with van der Waals surface area (Å²) in [6.45, 7) is 0.213. The Morgan fingerprint density at radius 3 is 2.61 bits per heavy atom. The van der Waals surface area contributed by atoms with Gasteiger partial charge in [0.2, 0.25) is 0 Å². The highest BCUT2D eigenvalue weighted by Crippen LogP contribution is 2.15. The van der Waals surface area contributed by atoms with Gasteiger partial charge in [0.25, 0.3) is 5.91 Å². The van der Waals surface area contributed by atoms with Gasteiger partial charge >= 0.3 is 0 Å². The second kappa shape index (κ2) is 7.03. The summed E-state index contributed by atoms with van der Waals surface area (Å²) < 4.78 is 0. The minimum Gasteiger partial charge on any atom is -0.391 e. The molecule has 0 aliphatic rings. The lowest BCUT2D eigenvalue weighted by Gasteiger charge is -2.13. The van der Waals surface area contributed by atoms with Crippen LogP contribution >= 0.6 is 0 Å². The Morgan fingerprint density at radius 2 is 1.78 bits per heavy atom. The van der Waals surface area contributed by atoms with Gasteiger partial charge < -0.3 is 10.4 Å². The number of hydrogen-bond acceptors (Lipinski definition) is 3. The third-order valence-electron chi connectivity index (χ3n) is 3.71. The van der Waals surface area contributed by atoms with Crippen LogP contribution in [0.15, 0.2) is 66.9 Å². The lowest BCUT2D eigenvalue weighted by molar-refractivity contribution is 0.0917. The molecule has 0 saturated carbocycles. The van der Waals surface area contributed by atoms with Gasteiger partial charge in [-0.15, -0.1) is 0 Å². The van der Waals surface area contributed by atoms with Crippen molar-refractivity contribution >= 4 is 16.8 Å². The Hall–Kier alpha value is -2.72. The first kappa shape index (κ1) is 15.2. The maximum atomic E-state index is 12.4. The summed E-state index contributed by atoms with van der Waals surface area (Å²) in [5.74, 6) is -0.198. The molecular formula is C19H18N2O2. The molecule has 0 bridgehead atoms. The molecule has 1 amide bonds. The number of pyridine rings is 1. The quantitative estimate of drug-likeness (QED) is 0.761. The molecule has 0 aliphatic carbocycles. The molecule has 0 fully saturated rings. The normalized spacial score (nSPS) is 12.0. The van der Waals surface area contributed by atoms with Crippen molar-refractivity contribution in [3.05, 3.63) is 78.0 Å². The van der Waals surface area contributed by atoms with Crippen LogP contribution in [0.4, 0.5) is 0 Å². The molecular weight excluding hydrogens is 288 g/mol. The SMILES string of the molecule is O=C(NCC(O)Cc1ccccc1)c1ccnc2ccccc12. The maximum absolute atomic E-state index is 12.4. The van der Waals surface area contributed by atoms with Crippen LogP contribution in [-0.2, 0) is 6.42 Å². The first-order valence-electron chi connectivity index (χ1n) is 7.58. The van der Waals surface area contributed by atoms with Crippen molar-refractivity contribution in [2.45, 2.75) is 12.5 Å². The lowest BCUT2D eigenvalue weighted by Crippen LogP contribution is -2.33. The third-order valence-corrected chi connectivity index (χ3v) is 3.71. The number of nitrogens with one attached hydrogen (secondary N) is 1. The number of aromatic nitrogens is 1. The number of para-hydroxylation sites is 1. The molecule has 116 valence electrons. The molecule has 2 N–H and O–H groups in total. The van der Waals surface area contributed by atoms with E-state index in [1.807, 2.05) is 54.6 Å². The van der Waals surface area contributed by atoms with Crippen molar-refractivity contribution < 1.29 is 9.90 Å². The molecule has 3 aromatic rings. The van der Waals surface area contributed by atoms with Gasteiger partial charge in [-0.25, -0.2) is 0 Å². The molecule has 4 nitrogen and oxygen atoms in total. The van der Waals surface area contributed by atoms with Crippen LogP contribution in [0.2, 0.25) is 0 Å². The van der Waals surface area contributed by atoms with Gasteiger partial charge in [-0.1, -0.05) is 48.5 Å². The molecule has 1 aromatic heterocycles. The van der Waals surface area contributed by atoms with Crippen molar-refractivity contribution in [1.82, 2.24) is 10.3 Å². The summed E-state index contributed by atoms with van der Waals surface area (Å²) in [5.41, 5.74) is 2.40. The van der Waals surface area contributed by atoms with Crippen molar-refractivity contribution in [1.29, 1.82) is 0 Å². The Bertz CT molecular complexity index is 797. The summed E-state index contributed by atoms with van der Waals surface area (Å²) in [4.78, 5) is 16.6. The van der Waals surface area contributed by atoms with E-state index in [0.29, 0.717) is 12.0 Å². The van der Waals surface area contributed by atoms with Crippen LogP contribution < -0.4 is 5.32 Å². The fourth-order valence-electron chi connectivity index (χ4n) is 2.56. The minimum atomic E-state index is -0.616. The number of nitrogens with zero attached hydrogens (tertiary/aromatic N) is 1. The van der Waals surface area contributed by atoms with Crippen molar-refractivity contribution in [2.24, 2.45) is 0 Å². The Morgan fingerprint density at radius 1 is 1.04 bits per heavy atom.